The second kappa shape index (κ2) is 5.85. The van der Waals surface area contributed by atoms with Crippen molar-refractivity contribution >= 4 is 17.6 Å². The van der Waals surface area contributed by atoms with Crippen molar-refractivity contribution in [2.24, 2.45) is 5.73 Å². The molecule has 2 rings (SSSR count). The Morgan fingerprint density at radius 1 is 1.25 bits per heavy atom. The van der Waals surface area contributed by atoms with Crippen LogP contribution in [0.3, 0.4) is 0 Å². The molecule has 0 radical (unpaired) electrons. The smallest absolute Gasteiger partial charge is 0.337 e. The van der Waals surface area contributed by atoms with Crippen molar-refractivity contribution in [1.29, 1.82) is 0 Å². The zero-order valence-corrected chi connectivity index (χ0v) is 10.9. The summed E-state index contributed by atoms with van der Waals surface area (Å²) in [4.78, 5) is 22.3. The number of benzene rings is 1. The lowest BCUT2D eigenvalue weighted by atomic mass is 10.2. The Labute approximate surface area is 114 Å². The summed E-state index contributed by atoms with van der Waals surface area (Å²) in [6.45, 7) is 0. The first-order valence-electron chi connectivity index (χ1n) is 5.36. The van der Waals surface area contributed by atoms with E-state index in [0.29, 0.717) is 11.3 Å². The lowest BCUT2D eigenvalue weighted by molar-refractivity contribution is 0.0600. The zero-order valence-electron chi connectivity index (χ0n) is 10.9. The van der Waals surface area contributed by atoms with E-state index in [-0.39, 0.29) is 17.5 Å². The highest BCUT2D eigenvalue weighted by atomic mass is 16.5. The largest absolute Gasteiger partial charge is 0.465 e. The first-order chi connectivity index (χ1) is 9.02. The van der Waals surface area contributed by atoms with Gasteiger partial charge in [-0.2, -0.15) is 5.10 Å². The molecule has 8 heteroatoms. The zero-order chi connectivity index (χ0) is 14.0. The monoisotopic (exact) mass is 277 g/mol. The summed E-state index contributed by atoms with van der Waals surface area (Å²) in [5, 5.41) is 3.98. The van der Waals surface area contributed by atoms with Crippen molar-refractivity contribution < 1.29 is 14.3 Å². The van der Waals surface area contributed by atoms with Crippen LogP contribution in [-0.2, 0) is 4.74 Å². The molecule has 1 aromatic heterocycles. The molecule has 20 heavy (non-hydrogen) atoms. The molecule has 2 aromatic rings. The molecule has 0 aliphatic rings. The predicted molar refractivity (Wildman–Crippen MR) is 72.9 cm³/mol. The fourth-order valence-electron chi connectivity index (χ4n) is 1.58. The van der Waals surface area contributed by atoms with Crippen molar-refractivity contribution in [2.75, 3.05) is 12.8 Å². The van der Waals surface area contributed by atoms with E-state index in [1.807, 2.05) is 0 Å². The van der Waals surface area contributed by atoms with Crippen molar-refractivity contribution in [2.45, 2.75) is 0 Å². The van der Waals surface area contributed by atoms with Crippen molar-refractivity contribution in [1.82, 2.24) is 15.9 Å². The van der Waals surface area contributed by atoms with Gasteiger partial charge in [-0.25, -0.2) is 9.48 Å². The SMILES string of the molecule is COC(=O)c1ccc(-n2cc(N)c(C(N)=O)n2)cc1.N. The van der Waals surface area contributed by atoms with Gasteiger partial charge in [0, 0.05) is 0 Å². The Kier molecular flexibility index (Phi) is 4.44. The molecular formula is C12H15N5O3. The number of amides is 1. The number of esters is 1. The molecule has 1 amide bonds. The number of aromatic nitrogens is 2. The second-order valence-electron chi connectivity index (χ2n) is 3.78. The molecule has 106 valence electrons. The number of hydrogen-bond acceptors (Lipinski definition) is 6. The molecule has 0 fully saturated rings. The fourth-order valence-corrected chi connectivity index (χ4v) is 1.58. The van der Waals surface area contributed by atoms with Gasteiger partial charge in [0.15, 0.2) is 5.69 Å². The van der Waals surface area contributed by atoms with Gasteiger partial charge >= 0.3 is 5.97 Å². The van der Waals surface area contributed by atoms with Gasteiger partial charge < -0.3 is 22.4 Å². The molecule has 0 bridgehead atoms. The molecule has 8 nitrogen and oxygen atoms in total. The minimum atomic E-state index is -0.692. The number of anilines is 1. The van der Waals surface area contributed by atoms with Crippen molar-refractivity contribution in [3.63, 3.8) is 0 Å². The van der Waals surface area contributed by atoms with E-state index in [2.05, 4.69) is 9.84 Å². The van der Waals surface area contributed by atoms with Crippen LogP contribution in [0.1, 0.15) is 20.8 Å². The average molecular weight is 277 g/mol. The second-order valence-corrected chi connectivity index (χ2v) is 3.78. The van der Waals surface area contributed by atoms with E-state index < -0.39 is 11.9 Å². The van der Waals surface area contributed by atoms with E-state index in [1.54, 1.807) is 24.3 Å². The molecule has 0 spiro atoms. The molecule has 1 aromatic carbocycles. The molecular weight excluding hydrogens is 262 g/mol. The van der Waals surface area contributed by atoms with E-state index in [1.165, 1.54) is 18.0 Å². The molecule has 0 unspecified atom stereocenters. The molecule has 0 atom stereocenters. The first-order valence-corrected chi connectivity index (χ1v) is 5.36. The van der Waals surface area contributed by atoms with E-state index in [0.717, 1.165) is 0 Å². The van der Waals surface area contributed by atoms with Crippen LogP contribution < -0.4 is 17.6 Å². The summed E-state index contributed by atoms with van der Waals surface area (Å²) in [5.41, 5.74) is 12.0. The summed E-state index contributed by atoms with van der Waals surface area (Å²) in [6.07, 6.45) is 1.48. The normalized spacial score (nSPS) is 9.65. The van der Waals surface area contributed by atoms with Crippen LogP contribution in [0.15, 0.2) is 30.5 Å². The molecule has 0 aliphatic carbocycles. The first kappa shape index (κ1) is 15.2. The number of ether oxygens (including phenoxy) is 1. The number of nitrogens with zero attached hydrogens (tertiary/aromatic N) is 2. The predicted octanol–water partition coefficient (Wildman–Crippen LogP) is 0.502. The quantitative estimate of drug-likeness (QED) is 0.695. The summed E-state index contributed by atoms with van der Waals surface area (Å²) >= 11 is 0. The lowest BCUT2D eigenvalue weighted by Gasteiger charge is -2.02. The minimum absolute atomic E-state index is 0. The molecule has 0 aliphatic heterocycles. The Morgan fingerprint density at radius 3 is 2.30 bits per heavy atom. The number of carbonyl (C=O) groups is 2. The lowest BCUT2D eigenvalue weighted by Crippen LogP contribution is -2.14. The molecule has 0 saturated heterocycles. The van der Waals surface area contributed by atoms with Crippen LogP contribution in [0.2, 0.25) is 0 Å². The van der Waals surface area contributed by atoms with Gasteiger partial charge in [0.2, 0.25) is 0 Å². The standard InChI is InChI=1S/C12H12N4O3.H3N/c1-19-12(18)7-2-4-8(5-3-7)16-6-9(13)10(15-16)11(14)17;/h2-6H,13H2,1H3,(H2,14,17);1H3. The Hall–Kier alpha value is -2.87. The summed E-state index contributed by atoms with van der Waals surface area (Å²) in [5.74, 6) is -1.12. The third-order valence-electron chi connectivity index (χ3n) is 2.53. The van der Waals surface area contributed by atoms with E-state index in [4.69, 9.17) is 11.5 Å². The van der Waals surface area contributed by atoms with Crippen LogP contribution in [0.25, 0.3) is 5.69 Å². The van der Waals surface area contributed by atoms with Crippen LogP contribution in [0.4, 0.5) is 5.69 Å². The number of hydrogen-bond donors (Lipinski definition) is 3. The number of rotatable bonds is 3. The highest BCUT2D eigenvalue weighted by Crippen LogP contribution is 2.14. The molecule has 0 saturated carbocycles. The fraction of sp³-hybridized carbons (Fsp3) is 0.0833. The summed E-state index contributed by atoms with van der Waals surface area (Å²) in [7, 11) is 1.31. The van der Waals surface area contributed by atoms with Crippen LogP contribution in [-0.4, -0.2) is 28.8 Å². The number of nitrogens with two attached hydrogens (primary N) is 2. The number of methoxy groups -OCH3 is 1. The van der Waals surface area contributed by atoms with E-state index >= 15 is 0 Å². The van der Waals surface area contributed by atoms with Crippen molar-refractivity contribution in [3.05, 3.63) is 41.7 Å². The van der Waals surface area contributed by atoms with Crippen molar-refractivity contribution in [3.8, 4) is 5.69 Å². The Balaban J connectivity index is 0.00000200. The summed E-state index contributed by atoms with van der Waals surface area (Å²) in [6, 6.07) is 6.49. The van der Waals surface area contributed by atoms with Crippen LogP contribution in [0.5, 0.6) is 0 Å². The van der Waals surface area contributed by atoms with Gasteiger partial charge in [0.25, 0.3) is 5.91 Å². The van der Waals surface area contributed by atoms with Gasteiger partial charge in [0.05, 0.1) is 30.2 Å². The maximum Gasteiger partial charge on any atom is 0.337 e. The Bertz CT molecular complexity index is 633. The summed E-state index contributed by atoms with van der Waals surface area (Å²) < 4.78 is 6.01. The van der Waals surface area contributed by atoms with Gasteiger partial charge in [0.1, 0.15) is 0 Å². The van der Waals surface area contributed by atoms with Gasteiger partial charge in [-0.15, -0.1) is 0 Å². The third kappa shape index (κ3) is 2.75. The average Bonchev–Trinajstić information content (AvgIpc) is 2.80. The van der Waals surface area contributed by atoms with Gasteiger partial charge in [-0.05, 0) is 24.3 Å². The number of primary amides is 1. The highest BCUT2D eigenvalue weighted by molar-refractivity contribution is 5.95. The van der Waals surface area contributed by atoms with Gasteiger partial charge in [-0.3, -0.25) is 4.79 Å². The molecule has 7 N–H and O–H groups in total. The van der Waals surface area contributed by atoms with Crippen LogP contribution in [0, 0.1) is 0 Å². The minimum Gasteiger partial charge on any atom is -0.465 e. The Morgan fingerprint density at radius 2 is 1.85 bits per heavy atom. The third-order valence-corrected chi connectivity index (χ3v) is 2.53. The molecule has 1 heterocycles. The maximum absolute atomic E-state index is 11.3. The number of nitrogen functional groups attached to an aromatic ring is 1. The highest BCUT2D eigenvalue weighted by Gasteiger charge is 2.12. The van der Waals surface area contributed by atoms with E-state index in [9.17, 15) is 9.59 Å². The number of carbonyl (C=O) groups excluding carboxylic acids is 2. The maximum atomic E-state index is 11.3. The van der Waals surface area contributed by atoms with Gasteiger partial charge in [-0.1, -0.05) is 0 Å². The van der Waals surface area contributed by atoms with Crippen LogP contribution >= 0.6 is 0 Å². The topological polar surface area (TPSA) is 148 Å².